The first-order valence-corrected chi connectivity index (χ1v) is 12.4. The van der Waals surface area contributed by atoms with E-state index >= 15 is 0 Å². The second-order valence-corrected chi connectivity index (χ2v) is 10.3. The number of aromatic nitrogens is 4. The van der Waals surface area contributed by atoms with Crippen LogP contribution < -0.4 is 21.3 Å². The van der Waals surface area contributed by atoms with E-state index in [0.717, 1.165) is 61.5 Å². The van der Waals surface area contributed by atoms with E-state index in [0.29, 0.717) is 32.3 Å². The van der Waals surface area contributed by atoms with Gasteiger partial charge in [-0.3, -0.25) is 4.79 Å². The number of morpholine rings is 1. The maximum absolute atomic E-state index is 13.0. The minimum Gasteiger partial charge on any atom is -0.378 e. The van der Waals surface area contributed by atoms with Crippen molar-refractivity contribution in [2.75, 3.05) is 61.5 Å². The van der Waals surface area contributed by atoms with Crippen molar-refractivity contribution in [3.05, 3.63) is 18.0 Å². The summed E-state index contributed by atoms with van der Waals surface area (Å²) in [4.78, 5) is 38.0. The number of carbonyl (C=O) groups excluding carboxylic acids is 1. The third-order valence-corrected chi connectivity index (χ3v) is 7.46. The summed E-state index contributed by atoms with van der Waals surface area (Å²) >= 11 is 0. The Morgan fingerprint density at radius 2 is 1.83 bits per heavy atom. The molecule has 3 aliphatic heterocycles. The highest BCUT2D eigenvalue weighted by molar-refractivity contribution is 5.86. The molecule has 2 aromatic rings. The molecule has 0 unspecified atom stereocenters. The fourth-order valence-electron chi connectivity index (χ4n) is 5.45. The molecule has 0 spiro atoms. The van der Waals surface area contributed by atoms with E-state index in [1.54, 1.807) is 26.2 Å². The first kappa shape index (κ1) is 26.3. The molecule has 2 saturated heterocycles. The van der Waals surface area contributed by atoms with Crippen LogP contribution in [0.15, 0.2) is 12.4 Å². The molecule has 0 radical (unpaired) electrons. The van der Waals surface area contributed by atoms with Gasteiger partial charge in [0.1, 0.15) is 5.82 Å². The number of hydrogen-bond acceptors (Lipinski definition) is 10. The molecule has 0 saturated carbocycles. The number of anilines is 3. The molecule has 1 amide bonds. The van der Waals surface area contributed by atoms with Crippen LogP contribution in [0.25, 0.3) is 11.3 Å². The predicted molar refractivity (Wildman–Crippen MR) is 141 cm³/mol. The molecule has 0 bridgehead atoms. The largest absolute Gasteiger partial charge is 0.378 e. The average molecular weight is 518 g/mol. The molecular weight excluding hydrogens is 482 g/mol. The number of nitrogen functional groups attached to an aromatic ring is 1. The Hall–Kier alpha value is -2.76. The fourth-order valence-corrected chi connectivity index (χ4v) is 5.45. The van der Waals surface area contributed by atoms with Crippen molar-refractivity contribution in [2.45, 2.75) is 51.1 Å². The summed E-state index contributed by atoms with van der Waals surface area (Å²) in [7, 11) is 0. The van der Waals surface area contributed by atoms with E-state index in [2.05, 4.69) is 26.7 Å². The van der Waals surface area contributed by atoms with Gasteiger partial charge in [0.2, 0.25) is 17.8 Å². The highest BCUT2D eigenvalue weighted by Crippen LogP contribution is 2.43. The van der Waals surface area contributed by atoms with Gasteiger partial charge in [-0.25, -0.2) is 15.0 Å². The quantitative estimate of drug-likeness (QED) is 0.595. The van der Waals surface area contributed by atoms with E-state index in [1.807, 2.05) is 4.90 Å². The van der Waals surface area contributed by atoms with Crippen molar-refractivity contribution in [1.82, 2.24) is 24.8 Å². The van der Waals surface area contributed by atoms with Crippen LogP contribution in [0, 0.1) is 0 Å². The standard InChI is InChI=1S/C24H35N9O2.ClH/c1-4-24(6-8-32(15-24)20(34)23(2,3)26)33-7-5-17-18(16-13-27-21(25)28-14-16)29-22(30-19(17)33)31-9-11-35-12-10-31;/h13-14H,4-12,15,26H2,1-3H3,(H2,25,27,28);1H/t24-;/m0./s1. The number of amides is 1. The monoisotopic (exact) mass is 517 g/mol. The summed E-state index contributed by atoms with van der Waals surface area (Å²) in [6.07, 6.45) is 6.05. The van der Waals surface area contributed by atoms with Gasteiger partial charge in [-0.05, 0) is 33.1 Å². The number of nitrogens with two attached hydrogens (primary N) is 2. The van der Waals surface area contributed by atoms with Crippen LogP contribution in [-0.4, -0.2) is 87.8 Å². The Kier molecular flexibility index (Phi) is 7.27. The summed E-state index contributed by atoms with van der Waals surface area (Å²) in [6.45, 7) is 10.7. The van der Waals surface area contributed by atoms with Crippen LogP contribution in [0.2, 0.25) is 0 Å². The Morgan fingerprint density at radius 1 is 1.14 bits per heavy atom. The fraction of sp³-hybridized carbons (Fsp3) is 0.625. The van der Waals surface area contributed by atoms with E-state index < -0.39 is 5.54 Å². The van der Waals surface area contributed by atoms with Gasteiger partial charge in [0.25, 0.3) is 0 Å². The molecule has 1 atom stereocenters. The first-order valence-electron chi connectivity index (χ1n) is 12.4. The van der Waals surface area contributed by atoms with E-state index in [4.69, 9.17) is 26.2 Å². The zero-order valence-electron chi connectivity index (χ0n) is 21.2. The smallest absolute Gasteiger partial charge is 0.242 e. The lowest BCUT2D eigenvalue weighted by Gasteiger charge is -2.40. The third kappa shape index (κ3) is 4.67. The minimum absolute atomic E-state index is 0. The van der Waals surface area contributed by atoms with E-state index in [1.165, 1.54) is 0 Å². The van der Waals surface area contributed by atoms with Gasteiger partial charge in [0.15, 0.2) is 0 Å². The molecule has 2 fully saturated rings. The molecule has 5 rings (SSSR count). The molecule has 196 valence electrons. The van der Waals surface area contributed by atoms with Crippen molar-refractivity contribution >= 4 is 36.0 Å². The Labute approximate surface area is 218 Å². The second-order valence-electron chi connectivity index (χ2n) is 10.3. The zero-order chi connectivity index (χ0) is 24.8. The number of nitrogens with zero attached hydrogens (tertiary/aromatic N) is 7. The Balaban J connectivity index is 0.00000304. The van der Waals surface area contributed by atoms with Crippen molar-refractivity contribution in [2.24, 2.45) is 5.73 Å². The summed E-state index contributed by atoms with van der Waals surface area (Å²) in [6, 6.07) is 0. The average Bonchev–Trinajstić information content (AvgIpc) is 3.49. The maximum Gasteiger partial charge on any atom is 0.242 e. The Morgan fingerprint density at radius 3 is 2.47 bits per heavy atom. The summed E-state index contributed by atoms with van der Waals surface area (Å²) in [5.74, 6) is 1.85. The number of rotatable bonds is 5. The van der Waals surface area contributed by atoms with Gasteiger partial charge in [0.05, 0.1) is 30.0 Å². The molecule has 11 nitrogen and oxygen atoms in total. The SMILES string of the molecule is CC[C@]1(N2CCc3c(-c4cnc(N)nc4)nc(N4CCOCC4)nc32)CCN(C(=O)C(C)(C)N)C1.Cl. The van der Waals surface area contributed by atoms with Crippen LogP contribution in [0.3, 0.4) is 0 Å². The normalized spacial score (nSPS) is 21.9. The molecular formula is C24H36ClN9O2. The van der Waals surface area contributed by atoms with Crippen LogP contribution in [-0.2, 0) is 16.0 Å². The summed E-state index contributed by atoms with van der Waals surface area (Å²) in [5.41, 5.74) is 13.6. The molecule has 2 aromatic heterocycles. The molecule has 4 N–H and O–H groups in total. The number of halogens is 1. The summed E-state index contributed by atoms with van der Waals surface area (Å²) in [5, 5.41) is 0. The van der Waals surface area contributed by atoms with Gasteiger partial charge >= 0.3 is 0 Å². The number of fused-ring (bicyclic) bond motifs is 1. The molecule has 0 aliphatic carbocycles. The van der Waals surface area contributed by atoms with Crippen molar-refractivity contribution < 1.29 is 9.53 Å². The van der Waals surface area contributed by atoms with Crippen LogP contribution in [0.5, 0.6) is 0 Å². The van der Waals surface area contributed by atoms with Crippen molar-refractivity contribution in [3.8, 4) is 11.3 Å². The first-order chi connectivity index (χ1) is 16.7. The highest BCUT2D eigenvalue weighted by atomic mass is 35.5. The molecule has 0 aromatic carbocycles. The molecule has 5 heterocycles. The lowest BCUT2D eigenvalue weighted by atomic mass is 9.93. The number of hydrogen-bond donors (Lipinski definition) is 2. The van der Waals surface area contributed by atoms with Crippen molar-refractivity contribution in [3.63, 3.8) is 0 Å². The van der Waals surface area contributed by atoms with Gasteiger partial charge in [0, 0.05) is 56.2 Å². The second kappa shape index (κ2) is 9.95. The van der Waals surface area contributed by atoms with Gasteiger partial charge in [-0.15, -0.1) is 12.4 Å². The predicted octanol–water partition coefficient (Wildman–Crippen LogP) is 1.26. The number of likely N-dealkylation sites (tertiary alicyclic amines) is 1. The lowest BCUT2D eigenvalue weighted by molar-refractivity contribution is -0.134. The van der Waals surface area contributed by atoms with Crippen molar-refractivity contribution in [1.29, 1.82) is 0 Å². The van der Waals surface area contributed by atoms with E-state index in [9.17, 15) is 4.79 Å². The zero-order valence-corrected chi connectivity index (χ0v) is 22.1. The van der Waals surface area contributed by atoms with Crippen LogP contribution >= 0.6 is 12.4 Å². The maximum atomic E-state index is 13.0. The number of ether oxygens (including phenoxy) is 1. The Bertz CT molecular complexity index is 1100. The third-order valence-electron chi connectivity index (χ3n) is 7.46. The van der Waals surface area contributed by atoms with Gasteiger partial charge in [-0.1, -0.05) is 6.92 Å². The van der Waals surface area contributed by atoms with Crippen LogP contribution in [0.4, 0.5) is 17.7 Å². The lowest BCUT2D eigenvalue weighted by Crippen LogP contribution is -2.54. The minimum atomic E-state index is -0.888. The van der Waals surface area contributed by atoms with Gasteiger partial charge < -0.3 is 30.9 Å². The van der Waals surface area contributed by atoms with E-state index in [-0.39, 0.29) is 29.8 Å². The molecule has 3 aliphatic rings. The molecule has 12 heteroatoms. The van der Waals surface area contributed by atoms with Crippen LogP contribution in [0.1, 0.15) is 39.2 Å². The topological polar surface area (TPSA) is 140 Å². The molecule has 36 heavy (non-hydrogen) atoms. The number of carbonyl (C=O) groups is 1. The van der Waals surface area contributed by atoms with Gasteiger partial charge in [-0.2, -0.15) is 4.98 Å². The highest BCUT2D eigenvalue weighted by Gasteiger charge is 2.48. The summed E-state index contributed by atoms with van der Waals surface area (Å²) < 4.78 is 5.55.